The second-order valence-corrected chi connectivity index (χ2v) is 4.23. The van der Waals surface area contributed by atoms with Gasteiger partial charge in [0.25, 0.3) is 0 Å². The van der Waals surface area contributed by atoms with Crippen LogP contribution in [0.15, 0.2) is 59.4 Å². The quantitative estimate of drug-likeness (QED) is 0.460. The van der Waals surface area contributed by atoms with Crippen molar-refractivity contribution in [2.45, 2.75) is 0 Å². The predicted molar refractivity (Wildman–Crippen MR) is 67.0 cm³/mol. The number of allylic oxidation sites excluding steroid dienone is 3. The van der Waals surface area contributed by atoms with E-state index in [2.05, 4.69) is 4.74 Å². The average Bonchev–Trinajstić information content (AvgIpc) is 2.75. The van der Waals surface area contributed by atoms with E-state index in [1.807, 2.05) is 6.07 Å². The molecule has 5 heteroatoms. The minimum Gasteiger partial charge on any atom is -0.456 e. The molecule has 0 radical (unpaired) electrons. The Hall–Kier alpha value is -2.91. The molecular weight excluding hydrogens is 260 g/mol. The van der Waals surface area contributed by atoms with Crippen molar-refractivity contribution in [1.82, 2.24) is 0 Å². The van der Waals surface area contributed by atoms with Gasteiger partial charge in [0.05, 0.1) is 11.1 Å². The molecule has 0 amide bonds. The number of esters is 2. The fourth-order valence-electron chi connectivity index (χ4n) is 2.10. The molecule has 1 aromatic carbocycles. The van der Waals surface area contributed by atoms with Crippen molar-refractivity contribution in [2.24, 2.45) is 5.92 Å². The first kappa shape index (κ1) is 12.1. The molecule has 1 unspecified atom stereocenters. The van der Waals surface area contributed by atoms with Crippen molar-refractivity contribution in [3.63, 3.8) is 0 Å². The number of benzene rings is 1. The van der Waals surface area contributed by atoms with Crippen molar-refractivity contribution < 1.29 is 23.9 Å². The number of hydrogen-bond acceptors (Lipinski definition) is 5. The second kappa shape index (κ2) is 4.64. The van der Waals surface area contributed by atoms with E-state index in [4.69, 9.17) is 4.74 Å². The van der Waals surface area contributed by atoms with Gasteiger partial charge in [0.1, 0.15) is 23.4 Å². The third-order valence-corrected chi connectivity index (χ3v) is 3.03. The summed E-state index contributed by atoms with van der Waals surface area (Å²) < 4.78 is 10.1. The van der Waals surface area contributed by atoms with Crippen molar-refractivity contribution in [3.05, 3.63) is 59.4 Å². The van der Waals surface area contributed by atoms with Crippen molar-refractivity contribution >= 4 is 17.9 Å². The van der Waals surface area contributed by atoms with Crippen LogP contribution in [-0.4, -0.2) is 17.9 Å². The Morgan fingerprint density at radius 3 is 2.55 bits per heavy atom. The molecule has 0 N–H and O–H groups in total. The highest BCUT2D eigenvalue weighted by molar-refractivity contribution is 6.11. The molecule has 1 fully saturated rings. The lowest BCUT2D eigenvalue weighted by Crippen LogP contribution is -2.19. The van der Waals surface area contributed by atoms with Gasteiger partial charge in [-0.3, -0.25) is 4.79 Å². The highest BCUT2D eigenvalue weighted by atomic mass is 16.6. The Balaban J connectivity index is 1.99. The molecule has 1 aliphatic heterocycles. The van der Waals surface area contributed by atoms with Crippen LogP contribution in [0.4, 0.5) is 0 Å². The van der Waals surface area contributed by atoms with Gasteiger partial charge in [0.2, 0.25) is 0 Å². The summed E-state index contributed by atoms with van der Waals surface area (Å²) in [6, 6.07) is 8.79. The van der Waals surface area contributed by atoms with Crippen LogP contribution < -0.4 is 4.74 Å². The number of ether oxygens (including phenoxy) is 2. The van der Waals surface area contributed by atoms with Gasteiger partial charge in [-0.2, -0.15) is 0 Å². The Bertz CT molecular complexity index is 705. The van der Waals surface area contributed by atoms with E-state index in [1.165, 1.54) is 12.2 Å². The predicted octanol–water partition coefficient (Wildman–Crippen LogP) is 1.35. The van der Waals surface area contributed by atoms with Crippen molar-refractivity contribution in [2.75, 3.05) is 0 Å². The minimum atomic E-state index is -1.04. The number of carbonyl (C=O) groups is 2. The zero-order valence-corrected chi connectivity index (χ0v) is 10.2. The summed E-state index contributed by atoms with van der Waals surface area (Å²) in [5.74, 6) is -0.170. The smallest absolute Gasteiger partial charge is 0.342 e. The van der Waals surface area contributed by atoms with E-state index in [-0.39, 0.29) is 16.9 Å². The van der Waals surface area contributed by atoms with Gasteiger partial charge >= 0.3 is 11.9 Å². The van der Waals surface area contributed by atoms with E-state index in [9.17, 15) is 14.4 Å². The Morgan fingerprint density at radius 2 is 1.85 bits per heavy atom. The standard InChI is InChI=1S/C15H8O5/c16-8-11-12(19-9-4-2-1-3-5-9)7-6-10-13(11)15(18)20-14(10)17/h1-7,13H. The summed E-state index contributed by atoms with van der Waals surface area (Å²) in [6.45, 7) is 0. The highest BCUT2D eigenvalue weighted by Gasteiger charge is 2.45. The van der Waals surface area contributed by atoms with Crippen LogP contribution >= 0.6 is 0 Å². The molecule has 3 rings (SSSR count). The maximum absolute atomic E-state index is 11.6. The molecule has 1 heterocycles. The number of fused-ring (bicyclic) bond motifs is 1. The first-order valence-corrected chi connectivity index (χ1v) is 5.87. The maximum atomic E-state index is 11.6. The van der Waals surface area contributed by atoms with Crippen molar-refractivity contribution in [3.8, 4) is 5.75 Å². The largest absolute Gasteiger partial charge is 0.456 e. The molecular formula is C15H8O5. The average molecular weight is 268 g/mol. The normalized spacial score (nSPS) is 20.6. The van der Waals surface area contributed by atoms with Gasteiger partial charge in [0, 0.05) is 0 Å². The lowest BCUT2D eigenvalue weighted by atomic mass is 9.88. The van der Waals surface area contributed by atoms with Gasteiger partial charge in [-0.1, -0.05) is 18.2 Å². The van der Waals surface area contributed by atoms with Crippen LogP contribution in [0.25, 0.3) is 0 Å². The van der Waals surface area contributed by atoms with Crippen LogP contribution in [0.1, 0.15) is 0 Å². The van der Waals surface area contributed by atoms with E-state index in [1.54, 1.807) is 30.2 Å². The van der Waals surface area contributed by atoms with Gasteiger partial charge in [-0.25, -0.2) is 9.59 Å². The molecule has 1 saturated heterocycles. The van der Waals surface area contributed by atoms with E-state index in [0.29, 0.717) is 5.75 Å². The summed E-state index contributed by atoms with van der Waals surface area (Å²) in [6.07, 6.45) is 2.88. The molecule has 1 aliphatic carbocycles. The summed E-state index contributed by atoms with van der Waals surface area (Å²) in [4.78, 5) is 34.2. The lowest BCUT2D eigenvalue weighted by Gasteiger charge is -2.16. The van der Waals surface area contributed by atoms with Crippen LogP contribution in [0, 0.1) is 5.92 Å². The molecule has 0 spiro atoms. The Labute approximate surface area is 113 Å². The SMILES string of the molecule is O=C=C1C(Oc2ccccc2)=CC=C2C(=O)OC(=O)C12. The number of rotatable bonds is 2. The van der Waals surface area contributed by atoms with Gasteiger partial charge in [-0.05, 0) is 24.3 Å². The summed E-state index contributed by atoms with van der Waals surface area (Å²) in [7, 11) is 0. The fourth-order valence-corrected chi connectivity index (χ4v) is 2.10. The molecule has 20 heavy (non-hydrogen) atoms. The summed E-state index contributed by atoms with van der Waals surface area (Å²) >= 11 is 0. The van der Waals surface area contributed by atoms with Crippen LogP contribution in [0.5, 0.6) is 5.75 Å². The monoisotopic (exact) mass is 268 g/mol. The second-order valence-electron chi connectivity index (χ2n) is 4.23. The number of hydrogen-bond donors (Lipinski definition) is 0. The van der Waals surface area contributed by atoms with E-state index >= 15 is 0 Å². The molecule has 98 valence electrons. The number of carbonyl (C=O) groups excluding carboxylic acids is 3. The topological polar surface area (TPSA) is 69.7 Å². The highest BCUT2D eigenvalue weighted by Crippen LogP contribution is 2.36. The van der Waals surface area contributed by atoms with E-state index < -0.39 is 17.9 Å². The first-order valence-electron chi connectivity index (χ1n) is 5.87. The molecule has 1 atom stereocenters. The van der Waals surface area contributed by atoms with Crippen LogP contribution in [0.3, 0.4) is 0 Å². The molecule has 5 nitrogen and oxygen atoms in total. The zero-order chi connectivity index (χ0) is 14.1. The van der Waals surface area contributed by atoms with Gasteiger partial charge < -0.3 is 9.47 Å². The lowest BCUT2D eigenvalue weighted by molar-refractivity contribution is -0.152. The van der Waals surface area contributed by atoms with E-state index in [0.717, 1.165) is 0 Å². The molecule has 1 aromatic rings. The molecule has 2 aliphatic rings. The molecule has 0 aromatic heterocycles. The van der Waals surface area contributed by atoms with Crippen LogP contribution in [0.2, 0.25) is 0 Å². The fraction of sp³-hybridized carbons (Fsp3) is 0.0667. The number of cyclic esters (lactones) is 2. The minimum absolute atomic E-state index is 0.0257. The van der Waals surface area contributed by atoms with Crippen LogP contribution in [-0.2, 0) is 19.1 Å². The zero-order valence-electron chi connectivity index (χ0n) is 10.2. The van der Waals surface area contributed by atoms with Gasteiger partial charge in [0.15, 0.2) is 0 Å². The van der Waals surface area contributed by atoms with Gasteiger partial charge in [-0.15, -0.1) is 0 Å². The molecule has 0 bridgehead atoms. The first-order chi connectivity index (χ1) is 9.70. The summed E-state index contributed by atoms with van der Waals surface area (Å²) in [5, 5.41) is 0. The number of para-hydroxylation sites is 1. The van der Waals surface area contributed by atoms with Crippen molar-refractivity contribution in [1.29, 1.82) is 0 Å². The maximum Gasteiger partial charge on any atom is 0.342 e. The third-order valence-electron chi connectivity index (χ3n) is 3.03. The molecule has 0 saturated carbocycles. The Morgan fingerprint density at radius 1 is 1.10 bits per heavy atom. The third kappa shape index (κ3) is 1.86. The summed E-state index contributed by atoms with van der Waals surface area (Å²) in [5.41, 5.74) is 0.107. The Kier molecular flexibility index (Phi) is 2.82.